The van der Waals surface area contributed by atoms with Crippen LogP contribution in [0.5, 0.6) is 5.75 Å². The molecule has 0 amide bonds. The Bertz CT molecular complexity index is 1220. The molecule has 3 N–H and O–H groups in total. The Hall–Kier alpha value is -3.94. The van der Waals surface area contributed by atoms with E-state index in [4.69, 9.17) is 9.52 Å². The number of Topliss-reactive ketones (excluding diaryl/α,β-unsaturated/α-hetero) is 1. The molecule has 0 aliphatic heterocycles. The minimum atomic E-state index is -1.41. The summed E-state index contributed by atoms with van der Waals surface area (Å²) in [5, 5.41) is 29.5. The molecule has 1 heterocycles. The normalized spacial score (nSPS) is 11.9. The highest BCUT2D eigenvalue weighted by Crippen LogP contribution is 2.34. The largest absolute Gasteiger partial charge is 0.507 e. The molecule has 154 valence electrons. The highest BCUT2D eigenvalue weighted by atomic mass is 16.4. The lowest BCUT2D eigenvalue weighted by molar-refractivity contribution is -0.117. The van der Waals surface area contributed by atoms with Crippen LogP contribution in [0.3, 0.4) is 0 Å². The molecule has 0 radical (unpaired) electrons. The number of hydrogen-bond donors (Lipinski definition) is 3. The van der Waals surface area contributed by atoms with E-state index in [0.29, 0.717) is 10.9 Å². The topological polar surface area (TPSA) is 142 Å². The summed E-state index contributed by atoms with van der Waals surface area (Å²) in [6.07, 6.45) is -0.0732. The average molecular weight is 410 g/mol. The number of aromatic hydroxyl groups is 1. The molecule has 8 heteroatoms. The molecule has 0 saturated carbocycles. The molecule has 3 rings (SSSR count). The quantitative estimate of drug-likeness (QED) is 0.504. The summed E-state index contributed by atoms with van der Waals surface area (Å²) in [5.41, 5.74) is -1.06. The molecule has 0 bridgehead atoms. The molecule has 0 aliphatic carbocycles. The Morgan fingerprint density at radius 1 is 1.00 bits per heavy atom. The predicted molar refractivity (Wildman–Crippen MR) is 106 cm³/mol. The van der Waals surface area contributed by atoms with Crippen molar-refractivity contribution in [1.29, 1.82) is 0 Å². The molecular formula is C22H18O8. The van der Waals surface area contributed by atoms with Crippen molar-refractivity contribution in [2.24, 2.45) is 0 Å². The summed E-state index contributed by atoms with van der Waals surface area (Å²) in [7, 11) is 0. The third kappa shape index (κ3) is 4.07. The van der Waals surface area contributed by atoms with Crippen molar-refractivity contribution < 1.29 is 34.1 Å². The number of hydrogen-bond acceptors (Lipinski definition) is 6. The lowest BCUT2D eigenvalue weighted by Gasteiger charge is -2.17. The van der Waals surface area contributed by atoms with E-state index in [0.717, 1.165) is 6.07 Å². The number of aromatic carboxylic acids is 2. The van der Waals surface area contributed by atoms with E-state index in [1.165, 1.54) is 25.1 Å². The van der Waals surface area contributed by atoms with Crippen molar-refractivity contribution in [3.8, 4) is 5.75 Å². The van der Waals surface area contributed by atoms with E-state index in [2.05, 4.69) is 0 Å². The van der Waals surface area contributed by atoms with Crippen LogP contribution in [0.4, 0.5) is 0 Å². The molecule has 30 heavy (non-hydrogen) atoms. The van der Waals surface area contributed by atoms with Gasteiger partial charge in [-0.1, -0.05) is 18.2 Å². The number of carboxylic acids is 2. The van der Waals surface area contributed by atoms with Crippen molar-refractivity contribution in [3.63, 3.8) is 0 Å². The van der Waals surface area contributed by atoms with Gasteiger partial charge in [0.15, 0.2) is 0 Å². The fourth-order valence-electron chi connectivity index (χ4n) is 3.50. The smallest absolute Gasteiger partial charge is 0.343 e. The third-order valence-electron chi connectivity index (χ3n) is 4.79. The predicted octanol–water partition coefficient (Wildman–Crippen LogP) is 3.20. The number of fused-ring (bicyclic) bond motifs is 1. The van der Waals surface area contributed by atoms with E-state index in [-0.39, 0.29) is 41.1 Å². The Morgan fingerprint density at radius 2 is 1.67 bits per heavy atom. The highest BCUT2D eigenvalue weighted by Gasteiger charge is 2.26. The van der Waals surface area contributed by atoms with Gasteiger partial charge in [-0.3, -0.25) is 0 Å². The van der Waals surface area contributed by atoms with Gasteiger partial charge in [0.05, 0.1) is 22.1 Å². The lowest BCUT2D eigenvalue weighted by Crippen LogP contribution is -2.18. The average Bonchev–Trinajstić information content (AvgIpc) is 2.67. The first-order valence-electron chi connectivity index (χ1n) is 9.02. The highest BCUT2D eigenvalue weighted by molar-refractivity contribution is 6.01. The Kier molecular flexibility index (Phi) is 5.68. The standard InChI is InChI=1S/C22H18O8/c1-11(23)8-13(9-12-6-7-14(20(25)26)16(10-12)21(27)28)18-19(24)15-4-2-3-5-17(15)30-22(18)29/h2-7,10,13,24H,8-9H2,1H3,(H,25,26)(H,27,28). The maximum atomic E-state index is 12.6. The van der Waals surface area contributed by atoms with E-state index in [9.17, 15) is 29.4 Å². The Balaban J connectivity index is 2.11. The van der Waals surface area contributed by atoms with Gasteiger partial charge in [-0.25, -0.2) is 14.4 Å². The van der Waals surface area contributed by atoms with E-state index < -0.39 is 29.0 Å². The van der Waals surface area contributed by atoms with Crippen LogP contribution in [-0.2, 0) is 11.2 Å². The molecule has 8 nitrogen and oxygen atoms in total. The number of carboxylic acid groups (broad SMARTS) is 2. The Labute approximate surface area is 170 Å². The van der Waals surface area contributed by atoms with Gasteiger partial charge in [-0.05, 0) is 43.2 Å². The molecule has 2 aromatic carbocycles. The summed E-state index contributed by atoms with van der Waals surface area (Å²) >= 11 is 0. The number of carbonyl (C=O) groups is 3. The van der Waals surface area contributed by atoms with E-state index in [1.807, 2.05) is 0 Å². The fraction of sp³-hybridized carbons (Fsp3) is 0.182. The maximum absolute atomic E-state index is 12.6. The van der Waals surface area contributed by atoms with Gasteiger partial charge in [0, 0.05) is 12.3 Å². The molecular weight excluding hydrogens is 392 g/mol. The van der Waals surface area contributed by atoms with Gasteiger partial charge < -0.3 is 24.5 Å². The van der Waals surface area contributed by atoms with Gasteiger partial charge in [0.2, 0.25) is 0 Å². The van der Waals surface area contributed by atoms with E-state index in [1.54, 1.807) is 18.2 Å². The number of para-hydroxylation sites is 1. The lowest BCUT2D eigenvalue weighted by atomic mass is 9.87. The molecule has 0 saturated heterocycles. The van der Waals surface area contributed by atoms with Crippen LogP contribution in [0.25, 0.3) is 11.0 Å². The summed E-state index contributed by atoms with van der Waals surface area (Å²) in [6, 6.07) is 10.2. The fourth-order valence-corrected chi connectivity index (χ4v) is 3.50. The van der Waals surface area contributed by atoms with Gasteiger partial charge >= 0.3 is 17.6 Å². The van der Waals surface area contributed by atoms with Crippen LogP contribution in [0.1, 0.15) is 51.1 Å². The number of ketones is 1. The van der Waals surface area contributed by atoms with Gasteiger partial charge in [-0.2, -0.15) is 0 Å². The molecule has 0 aliphatic rings. The van der Waals surface area contributed by atoms with Gasteiger partial charge in [0.1, 0.15) is 17.1 Å². The Morgan fingerprint density at radius 3 is 2.30 bits per heavy atom. The van der Waals surface area contributed by atoms with Crippen molar-refractivity contribution >= 4 is 28.7 Å². The number of rotatable bonds is 7. The summed E-state index contributed by atoms with van der Waals surface area (Å²) in [4.78, 5) is 47.1. The van der Waals surface area contributed by atoms with Gasteiger partial charge in [0.25, 0.3) is 0 Å². The second-order valence-electron chi connectivity index (χ2n) is 6.95. The molecule has 1 atom stereocenters. The molecule has 0 fully saturated rings. The van der Waals surface area contributed by atoms with Crippen LogP contribution in [0, 0.1) is 0 Å². The van der Waals surface area contributed by atoms with Crippen LogP contribution >= 0.6 is 0 Å². The maximum Gasteiger partial charge on any atom is 0.343 e. The molecule has 1 aromatic heterocycles. The first kappa shape index (κ1) is 20.8. The van der Waals surface area contributed by atoms with Crippen LogP contribution in [-0.4, -0.2) is 33.0 Å². The zero-order chi connectivity index (χ0) is 22.0. The first-order valence-corrected chi connectivity index (χ1v) is 9.02. The molecule has 0 spiro atoms. The minimum Gasteiger partial charge on any atom is -0.507 e. The van der Waals surface area contributed by atoms with Crippen molar-refractivity contribution in [3.05, 3.63) is 75.1 Å². The van der Waals surface area contributed by atoms with Crippen molar-refractivity contribution in [1.82, 2.24) is 0 Å². The zero-order valence-corrected chi connectivity index (χ0v) is 15.9. The third-order valence-corrected chi connectivity index (χ3v) is 4.79. The SMILES string of the molecule is CC(=O)CC(Cc1ccc(C(=O)O)c(C(=O)O)c1)c1c(O)c2ccccc2oc1=O. The second-order valence-corrected chi connectivity index (χ2v) is 6.95. The monoisotopic (exact) mass is 410 g/mol. The van der Waals surface area contributed by atoms with Crippen LogP contribution in [0.15, 0.2) is 51.7 Å². The number of carbonyl (C=O) groups excluding carboxylic acids is 1. The summed E-state index contributed by atoms with van der Waals surface area (Å²) in [5.74, 6) is -4.13. The minimum absolute atomic E-state index is 0.0242. The number of benzene rings is 2. The summed E-state index contributed by atoms with van der Waals surface area (Å²) in [6.45, 7) is 1.34. The first-order chi connectivity index (χ1) is 14.2. The van der Waals surface area contributed by atoms with Crippen LogP contribution < -0.4 is 5.63 Å². The summed E-state index contributed by atoms with van der Waals surface area (Å²) < 4.78 is 5.29. The van der Waals surface area contributed by atoms with E-state index >= 15 is 0 Å². The van der Waals surface area contributed by atoms with Gasteiger partial charge in [-0.15, -0.1) is 0 Å². The van der Waals surface area contributed by atoms with Crippen LogP contribution in [0.2, 0.25) is 0 Å². The molecule has 1 unspecified atom stereocenters. The molecule has 3 aromatic rings. The van der Waals surface area contributed by atoms with Crippen molar-refractivity contribution in [2.45, 2.75) is 25.7 Å². The second kappa shape index (κ2) is 8.20. The zero-order valence-electron chi connectivity index (χ0n) is 15.9. The van der Waals surface area contributed by atoms with Crippen molar-refractivity contribution in [2.75, 3.05) is 0 Å².